The summed E-state index contributed by atoms with van der Waals surface area (Å²) in [5.74, 6) is -0.141. The normalized spacial score (nSPS) is 10.7. The zero-order valence-electron chi connectivity index (χ0n) is 13.8. The minimum atomic E-state index is -0.141. The highest BCUT2D eigenvalue weighted by Crippen LogP contribution is 2.28. The summed E-state index contributed by atoms with van der Waals surface area (Å²) in [6.45, 7) is 0. The first-order valence-corrected chi connectivity index (χ1v) is 9.31. The van der Waals surface area contributed by atoms with Crippen LogP contribution >= 0.6 is 22.6 Å². The van der Waals surface area contributed by atoms with Crippen LogP contribution in [0, 0.1) is 3.57 Å². The molecule has 0 bridgehead atoms. The lowest BCUT2D eigenvalue weighted by atomic mass is 9.99. The smallest absolute Gasteiger partial charge is 0.256 e. The number of hydrogen-bond donors (Lipinski definition) is 1. The monoisotopic (exact) mass is 450 g/mol. The number of aromatic nitrogens is 1. The van der Waals surface area contributed by atoms with E-state index in [4.69, 9.17) is 0 Å². The molecular formula is C22H15IN2O. The molecule has 1 N–H and O–H groups in total. The van der Waals surface area contributed by atoms with E-state index in [9.17, 15) is 4.79 Å². The van der Waals surface area contributed by atoms with Gasteiger partial charge in [-0.25, -0.2) is 0 Å². The molecule has 4 aromatic rings. The van der Waals surface area contributed by atoms with E-state index in [2.05, 4.69) is 32.9 Å². The van der Waals surface area contributed by atoms with E-state index in [0.29, 0.717) is 11.3 Å². The molecule has 0 aliphatic rings. The molecule has 1 amide bonds. The summed E-state index contributed by atoms with van der Waals surface area (Å²) in [4.78, 5) is 17.4. The Morgan fingerprint density at radius 2 is 1.62 bits per heavy atom. The van der Waals surface area contributed by atoms with Gasteiger partial charge in [0.05, 0.1) is 11.2 Å². The minimum absolute atomic E-state index is 0.141. The highest BCUT2D eigenvalue weighted by molar-refractivity contribution is 14.1. The summed E-state index contributed by atoms with van der Waals surface area (Å²) in [7, 11) is 0. The Hall–Kier alpha value is -2.73. The molecule has 126 valence electrons. The second-order valence-corrected chi connectivity index (χ2v) is 7.02. The second kappa shape index (κ2) is 7.25. The average molecular weight is 450 g/mol. The van der Waals surface area contributed by atoms with Crippen LogP contribution in [0.5, 0.6) is 0 Å². The second-order valence-electron chi connectivity index (χ2n) is 5.86. The van der Waals surface area contributed by atoms with Gasteiger partial charge in [0.15, 0.2) is 0 Å². The number of hydrogen-bond acceptors (Lipinski definition) is 2. The van der Waals surface area contributed by atoms with Crippen LogP contribution in [0.4, 0.5) is 5.69 Å². The van der Waals surface area contributed by atoms with Gasteiger partial charge in [0.25, 0.3) is 5.91 Å². The molecule has 1 heterocycles. The van der Waals surface area contributed by atoms with E-state index in [1.165, 1.54) is 0 Å². The van der Waals surface area contributed by atoms with Gasteiger partial charge in [0.1, 0.15) is 0 Å². The average Bonchev–Trinajstić information content (AvgIpc) is 2.71. The van der Waals surface area contributed by atoms with Crippen molar-refractivity contribution in [2.45, 2.75) is 0 Å². The van der Waals surface area contributed by atoms with E-state index >= 15 is 0 Å². The third-order valence-corrected chi connectivity index (χ3v) is 5.16. The Kier molecular flexibility index (Phi) is 4.67. The van der Waals surface area contributed by atoms with Crippen molar-refractivity contribution < 1.29 is 4.79 Å². The fraction of sp³-hybridized carbons (Fsp3) is 0. The first-order valence-electron chi connectivity index (χ1n) is 8.23. The van der Waals surface area contributed by atoms with Crippen molar-refractivity contribution >= 4 is 45.1 Å². The SMILES string of the molecule is O=C(Nc1ccc(I)c2cccnc12)c1ccccc1-c1ccccc1. The molecule has 4 rings (SSSR count). The lowest BCUT2D eigenvalue weighted by Gasteiger charge is -2.12. The van der Waals surface area contributed by atoms with Crippen molar-refractivity contribution in [3.63, 3.8) is 0 Å². The van der Waals surface area contributed by atoms with Gasteiger partial charge >= 0.3 is 0 Å². The van der Waals surface area contributed by atoms with Crippen LogP contribution in [0.15, 0.2) is 85.1 Å². The highest BCUT2D eigenvalue weighted by Gasteiger charge is 2.14. The Morgan fingerprint density at radius 1 is 0.846 bits per heavy atom. The summed E-state index contributed by atoms with van der Waals surface area (Å²) in [5.41, 5.74) is 4.08. The lowest BCUT2D eigenvalue weighted by molar-refractivity contribution is 0.102. The molecule has 1 aromatic heterocycles. The van der Waals surface area contributed by atoms with Gasteiger partial charge in [-0.05, 0) is 58.0 Å². The number of benzene rings is 3. The summed E-state index contributed by atoms with van der Waals surface area (Å²) in [5, 5.41) is 4.06. The first-order chi connectivity index (χ1) is 12.7. The quantitative estimate of drug-likeness (QED) is 0.404. The summed E-state index contributed by atoms with van der Waals surface area (Å²) in [6.07, 6.45) is 1.74. The van der Waals surface area contributed by atoms with E-state index in [-0.39, 0.29) is 5.91 Å². The highest BCUT2D eigenvalue weighted by atomic mass is 127. The Bertz CT molecular complexity index is 1090. The number of carbonyl (C=O) groups is 1. The van der Waals surface area contributed by atoms with Crippen LogP contribution in [0.1, 0.15) is 10.4 Å². The lowest BCUT2D eigenvalue weighted by Crippen LogP contribution is -2.13. The van der Waals surface area contributed by atoms with E-state index < -0.39 is 0 Å². The van der Waals surface area contributed by atoms with Crippen LogP contribution in [0.2, 0.25) is 0 Å². The molecule has 0 aliphatic heterocycles. The van der Waals surface area contributed by atoms with Crippen molar-refractivity contribution in [2.75, 3.05) is 5.32 Å². The fourth-order valence-corrected chi connectivity index (χ4v) is 3.59. The molecule has 4 heteroatoms. The van der Waals surface area contributed by atoms with E-state index in [1.54, 1.807) is 6.20 Å². The van der Waals surface area contributed by atoms with Crippen molar-refractivity contribution in [1.29, 1.82) is 0 Å². The molecule has 0 aliphatic carbocycles. The first kappa shape index (κ1) is 16.7. The molecule has 0 spiro atoms. The zero-order valence-corrected chi connectivity index (χ0v) is 16.0. The minimum Gasteiger partial charge on any atom is -0.320 e. The van der Waals surface area contributed by atoms with Crippen molar-refractivity contribution in [3.8, 4) is 11.1 Å². The topological polar surface area (TPSA) is 42.0 Å². The molecule has 0 saturated carbocycles. The third kappa shape index (κ3) is 3.20. The van der Waals surface area contributed by atoms with Gasteiger partial charge < -0.3 is 5.32 Å². The molecule has 0 fully saturated rings. The molecule has 0 radical (unpaired) electrons. The summed E-state index contributed by atoms with van der Waals surface area (Å²) in [6, 6.07) is 25.4. The van der Waals surface area contributed by atoms with Crippen LogP contribution in [0.3, 0.4) is 0 Å². The Labute approximate surface area is 165 Å². The predicted octanol–water partition coefficient (Wildman–Crippen LogP) is 5.76. The van der Waals surface area contributed by atoms with Gasteiger partial charge in [0, 0.05) is 20.7 Å². The Morgan fingerprint density at radius 3 is 2.46 bits per heavy atom. The molecule has 3 nitrogen and oxygen atoms in total. The van der Waals surface area contributed by atoms with Crippen molar-refractivity contribution in [1.82, 2.24) is 4.98 Å². The number of fused-ring (bicyclic) bond motifs is 1. The standard InChI is InChI=1S/C22H15IN2O/c23-19-12-13-20(21-18(19)11-6-14-24-21)25-22(26)17-10-5-4-9-16(17)15-7-2-1-3-8-15/h1-14H,(H,25,26). The summed E-state index contributed by atoms with van der Waals surface area (Å²) < 4.78 is 1.10. The van der Waals surface area contributed by atoms with Crippen LogP contribution < -0.4 is 5.32 Å². The maximum absolute atomic E-state index is 13.0. The zero-order chi connectivity index (χ0) is 17.9. The fourth-order valence-electron chi connectivity index (χ4n) is 2.98. The molecule has 0 unspecified atom stereocenters. The number of amides is 1. The van der Waals surface area contributed by atoms with Crippen LogP contribution in [-0.4, -0.2) is 10.9 Å². The van der Waals surface area contributed by atoms with Gasteiger partial charge in [-0.1, -0.05) is 54.6 Å². The van der Waals surface area contributed by atoms with Gasteiger partial charge in [0.2, 0.25) is 0 Å². The van der Waals surface area contributed by atoms with Crippen LogP contribution in [0.25, 0.3) is 22.0 Å². The van der Waals surface area contributed by atoms with Crippen molar-refractivity contribution in [2.24, 2.45) is 0 Å². The van der Waals surface area contributed by atoms with E-state index in [1.807, 2.05) is 78.9 Å². The number of carbonyl (C=O) groups excluding carboxylic acids is 1. The molecule has 0 atom stereocenters. The maximum Gasteiger partial charge on any atom is 0.256 e. The summed E-state index contributed by atoms with van der Waals surface area (Å²) >= 11 is 2.28. The number of halogens is 1. The number of pyridine rings is 1. The molecular weight excluding hydrogens is 435 g/mol. The van der Waals surface area contributed by atoms with Gasteiger partial charge in [-0.2, -0.15) is 0 Å². The molecule has 0 saturated heterocycles. The van der Waals surface area contributed by atoms with Crippen LogP contribution in [-0.2, 0) is 0 Å². The van der Waals surface area contributed by atoms with Gasteiger partial charge in [-0.3, -0.25) is 9.78 Å². The number of anilines is 1. The van der Waals surface area contributed by atoms with E-state index in [0.717, 1.165) is 25.6 Å². The molecule has 3 aromatic carbocycles. The number of nitrogens with zero attached hydrogens (tertiary/aromatic N) is 1. The Balaban J connectivity index is 1.74. The predicted molar refractivity (Wildman–Crippen MR) is 114 cm³/mol. The van der Waals surface area contributed by atoms with Gasteiger partial charge in [-0.15, -0.1) is 0 Å². The number of nitrogens with one attached hydrogen (secondary N) is 1. The number of rotatable bonds is 3. The maximum atomic E-state index is 13.0. The van der Waals surface area contributed by atoms with Crippen molar-refractivity contribution in [3.05, 3.63) is 94.2 Å². The largest absolute Gasteiger partial charge is 0.320 e. The molecule has 26 heavy (non-hydrogen) atoms. The third-order valence-electron chi connectivity index (χ3n) is 4.22.